The number of hydrogen-bond acceptors (Lipinski definition) is 2. The average molecular weight is 639 g/mol. The van der Waals surface area contributed by atoms with Crippen LogP contribution in [0.15, 0.2) is 161 Å². The van der Waals surface area contributed by atoms with Crippen molar-refractivity contribution in [1.82, 2.24) is 0 Å². The van der Waals surface area contributed by atoms with Crippen LogP contribution < -0.4 is 0 Å². The van der Waals surface area contributed by atoms with Crippen LogP contribution in [0.4, 0.5) is 0 Å². The molecule has 0 bridgehead atoms. The van der Waals surface area contributed by atoms with Crippen LogP contribution in [0.2, 0.25) is 0 Å². The summed E-state index contributed by atoms with van der Waals surface area (Å²) < 4.78 is 13.3. The minimum atomic E-state index is 0.906. The van der Waals surface area contributed by atoms with Gasteiger partial charge in [-0.05, 0) is 73.1 Å². The number of aryl methyl sites for hydroxylation is 1. The fourth-order valence-electron chi connectivity index (χ4n) is 8.51. The van der Waals surface area contributed by atoms with Gasteiger partial charge in [0.05, 0.1) is 0 Å². The Kier molecular flexibility index (Phi) is 5.82. The van der Waals surface area contributed by atoms with Crippen LogP contribution in [0.5, 0.6) is 0 Å². The van der Waals surface area contributed by atoms with Crippen LogP contribution >= 0.6 is 0 Å². The van der Waals surface area contributed by atoms with E-state index in [2.05, 4.69) is 152 Å². The molecule has 0 unspecified atom stereocenters. The molecule has 0 N–H and O–H groups in total. The third-order valence-electron chi connectivity index (χ3n) is 10.7. The highest BCUT2D eigenvalue weighted by molar-refractivity contribution is 6.23. The van der Waals surface area contributed by atoms with E-state index in [0.29, 0.717) is 0 Å². The topological polar surface area (TPSA) is 26.3 Å². The van der Waals surface area contributed by atoms with Gasteiger partial charge < -0.3 is 8.83 Å². The van der Waals surface area contributed by atoms with Gasteiger partial charge in [0.15, 0.2) is 0 Å². The molecule has 0 spiro atoms. The van der Waals surface area contributed by atoms with Crippen LogP contribution in [0.1, 0.15) is 17.7 Å². The molecule has 0 atom stereocenters. The summed E-state index contributed by atoms with van der Waals surface area (Å²) in [5, 5.41) is 10.7. The van der Waals surface area contributed by atoms with Crippen LogP contribution in [-0.4, -0.2) is 0 Å². The first-order chi connectivity index (χ1) is 24.8. The summed E-state index contributed by atoms with van der Waals surface area (Å²) in [5.41, 5.74) is 11.0. The summed E-state index contributed by atoms with van der Waals surface area (Å²) in [6.07, 6.45) is 6.43. The molecule has 0 aliphatic heterocycles. The van der Waals surface area contributed by atoms with Crippen LogP contribution in [0, 0.1) is 0 Å². The molecule has 1 aliphatic carbocycles. The fraction of sp³-hybridized carbons (Fsp3) is 0.0417. The number of hydrogen-bond donors (Lipinski definition) is 0. The Bertz CT molecular complexity index is 3040. The van der Waals surface area contributed by atoms with Crippen molar-refractivity contribution < 1.29 is 8.83 Å². The molecule has 50 heavy (non-hydrogen) atoms. The summed E-state index contributed by atoms with van der Waals surface area (Å²) in [6, 6.07) is 52.8. The van der Waals surface area contributed by atoms with Crippen molar-refractivity contribution in [2.75, 3.05) is 0 Å². The molecule has 2 heterocycles. The number of fused-ring (bicyclic) bond motifs is 9. The van der Waals surface area contributed by atoms with E-state index in [1.807, 2.05) is 6.07 Å². The highest BCUT2D eigenvalue weighted by Gasteiger charge is 2.22. The molecule has 0 saturated carbocycles. The molecule has 0 amide bonds. The van der Waals surface area contributed by atoms with Crippen molar-refractivity contribution in [3.05, 3.63) is 163 Å². The Morgan fingerprint density at radius 2 is 0.960 bits per heavy atom. The van der Waals surface area contributed by atoms with Gasteiger partial charge in [-0.15, -0.1) is 0 Å². The Morgan fingerprint density at radius 3 is 1.74 bits per heavy atom. The van der Waals surface area contributed by atoms with E-state index in [1.54, 1.807) is 0 Å². The standard InChI is InChI=1S/C48H30O2/c1-2-14-30-29(12-1)13-7-19-35(30)46-36-20-8-17-31(38-22-10-24-40-33-15-3-5-26-44(33)49-47(38)40)42(36)28-43-32(18-9-21-37(43)46)39-23-11-25-41-34-16-4-6-27-45(34)50-48(39)41/h1-5,7-26,28H,6,27H2. The number of allylic oxidation sites excluding steroid dienone is 1. The molecule has 2 heteroatoms. The molecule has 234 valence electrons. The van der Waals surface area contributed by atoms with Gasteiger partial charge in [-0.25, -0.2) is 0 Å². The predicted molar refractivity (Wildman–Crippen MR) is 210 cm³/mol. The summed E-state index contributed by atoms with van der Waals surface area (Å²) in [7, 11) is 0. The summed E-state index contributed by atoms with van der Waals surface area (Å²) in [6.45, 7) is 0. The summed E-state index contributed by atoms with van der Waals surface area (Å²) >= 11 is 0. The van der Waals surface area contributed by atoms with E-state index in [-0.39, 0.29) is 0 Å². The average Bonchev–Trinajstić information content (AvgIpc) is 3.75. The Balaban J connectivity index is 1.29. The van der Waals surface area contributed by atoms with E-state index >= 15 is 0 Å². The molecule has 0 radical (unpaired) electrons. The lowest BCUT2D eigenvalue weighted by molar-refractivity contribution is 0.547. The minimum Gasteiger partial charge on any atom is -0.460 e. The molecular formula is C48H30O2. The third kappa shape index (κ3) is 3.90. The number of para-hydroxylation sites is 3. The quantitative estimate of drug-likeness (QED) is 0.180. The molecule has 10 aromatic rings. The smallest absolute Gasteiger partial charge is 0.143 e. The minimum absolute atomic E-state index is 0.906. The highest BCUT2D eigenvalue weighted by atomic mass is 16.3. The van der Waals surface area contributed by atoms with Gasteiger partial charge in [0.25, 0.3) is 0 Å². The first kappa shape index (κ1) is 27.6. The van der Waals surface area contributed by atoms with E-state index in [9.17, 15) is 0 Å². The van der Waals surface area contributed by atoms with Gasteiger partial charge in [-0.1, -0.05) is 146 Å². The normalized spacial score (nSPS) is 13.0. The Labute approximate surface area is 288 Å². The first-order valence-corrected chi connectivity index (χ1v) is 17.4. The number of benzene rings is 8. The molecule has 11 rings (SSSR count). The van der Waals surface area contributed by atoms with Crippen molar-refractivity contribution in [2.24, 2.45) is 0 Å². The maximum Gasteiger partial charge on any atom is 0.143 e. The third-order valence-corrected chi connectivity index (χ3v) is 10.7. The molecule has 1 aliphatic rings. The summed E-state index contributed by atoms with van der Waals surface area (Å²) in [5.74, 6) is 1.08. The van der Waals surface area contributed by atoms with Crippen molar-refractivity contribution in [3.63, 3.8) is 0 Å². The molecule has 2 nitrogen and oxygen atoms in total. The van der Waals surface area contributed by atoms with Crippen molar-refractivity contribution >= 4 is 71.3 Å². The molecule has 0 fully saturated rings. The van der Waals surface area contributed by atoms with E-state index in [0.717, 1.165) is 62.8 Å². The van der Waals surface area contributed by atoms with E-state index in [4.69, 9.17) is 8.83 Å². The van der Waals surface area contributed by atoms with Crippen LogP contribution in [-0.2, 0) is 6.42 Å². The van der Waals surface area contributed by atoms with Crippen molar-refractivity contribution in [2.45, 2.75) is 12.8 Å². The lowest BCUT2D eigenvalue weighted by atomic mass is 9.84. The van der Waals surface area contributed by atoms with E-state index < -0.39 is 0 Å². The first-order valence-electron chi connectivity index (χ1n) is 17.4. The van der Waals surface area contributed by atoms with Gasteiger partial charge in [-0.2, -0.15) is 0 Å². The maximum absolute atomic E-state index is 6.69. The Hall–Kier alpha value is -6.38. The molecule has 0 saturated heterocycles. The summed E-state index contributed by atoms with van der Waals surface area (Å²) in [4.78, 5) is 0. The zero-order valence-corrected chi connectivity index (χ0v) is 27.2. The zero-order chi connectivity index (χ0) is 32.8. The maximum atomic E-state index is 6.69. The molecule has 8 aromatic carbocycles. The second kappa shape index (κ2) is 10.6. The van der Waals surface area contributed by atoms with Gasteiger partial charge in [0.2, 0.25) is 0 Å². The predicted octanol–water partition coefficient (Wildman–Crippen LogP) is 13.8. The number of rotatable bonds is 3. The zero-order valence-electron chi connectivity index (χ0n) is 27.2. The second-order valence-corrected chi connectivity index (χ2v) is 13.4. The van der Waals surface area contributed by atoms with Crippen LogP contribution in [0.3, 0.4) is 0 Å². The van der Waals surface area contributed by atoms with E-state index in [1.165, 1.54) is 60.0 Å². The molecule has 2 aromatic heterocycles. The fourth-order valence-corrected chi connectivity index (χ4v) is 8.51. The molecular weight excluding hydrogens is 609 g/mol. The second-order valence-electron chi connectivity index (χ2n) is 13.4. The van der Waals surface area contributed by atoms with Gasteiger partial charge >= 0.3 is 0 Å². The van der Waals surface area contributed by atoms with Gasteiger partial charge in [0, 0.05) is 39.3 Å². The lowest BCUT2D eigenvalue weighted by Crippen LogP contribution is -1.92. The van der Waals surface area contributed by atoms with Crippen molar-refractivity contribution in [1.29, 1.82) is 0 Å². The number of furan rings is 2. The monoisotopic (exact) mass is 638 g/mol. The van der Waals surface area contributed by atoms with Crippen molar-refractivity contribution in [3.8, 4) is 33.4 Å². The van der Waals surface area contributed by atoms with Gasteiger partial charge in [-0.3, -0.25) is 0 Å². The van der Waals surface area contributed by atoms with Gasteiger partial charge in [0.1, 0.15) is 22.5 Å². The SMILES string of the molecule is C1=Cc2c(oc3c(-c4cccc5c(-c6cccc7ccccc67)c6cccc(-c7cccc8c7oc7ccccc78)c6cc45)cccc23)CC1. The Morgan fingerprint density at radius 1 is 0.400 bits per heavy atom. The van der Waals surface area contributed by atoms with Crippen LogP contribution in [0.25, 0.3) is 105 Å². The largest absolute Gasteiger partial charge is 0.460 e. The highest BCUT2D eigenvalue weighted by Crippen LogP contribution is 2.47. The lowest BCUT2D eigenvalue weighted by Gasteiger charge is -2.18.